The first-order valence-electron chi connectivity index (χ1n) is 6.36. The topological polar surface area (TPSA) is 37.8 Å². The van der Waals surface area contributed by atoms with E-state index in [0.717, 1.165) is 26.1 Å². The van der Waals surface area contributed by atoms with Crippen LogP contribution in [0.2, 0.25) is 0 Å². The maximum absolute atomic E-state index is 4.44. The Balaban J connectivity index is 1.94. The zero-order valence-electron chi connectivity index (χ0n) is 11.2. The molecule has 0 aliphatic heterocycles. The van der Waals surface area contributed by atoms with Crippen molar-refractivity contribution in [2.75, 3.05) is 5.32 Å². The fraction of sp³-hybridized carbons (Fsp3) is 0.200. The Labute approximate surface area is 130 Å². The molecular weight excluding hydrogens is 334 g/mol. The van der Waals surface area contributed by atoms with Crippen LogP contribution in [0, 0.1) is 6.92 Å². The van der Waals surface area contributed by atoms with E-state index in [2.05, 4.69) is 51.1 Å². The first kappa shape index (κ1) is 13.5. The van der Waals surface area contributed by atoms with Gasteiger partial charge in [0, 0.05) is 32.8 Å². The van der Waals surface area contributed by atoms with E-state index in [-0.39, 0.29) is 6.04 Å². The second-order valence-electron chi connectivity index (χ2n) is 4.70. The molecule has 20 heavy (non-hydrogen) atoms. The molecule has 2 heterocycles. The summed E-state index contributed by atoms with van der Waals surface area (Å²) < 4.78 is 1.04. The van der Waals surface area contributed by atoms with E-state index < -0.39 is 0 Å². The zero-order valence-corrected chi connectivity index (χ0v) is 13.6. The van der Waals surface area contributed by atoms with E-state index in [4.69, 9.17) is 0 Å². The molecule has 0 saturated carbocycles. The van der Waals surface area contributed by atoms with Crippen molar-refractivity contribution < 1.29 is 0 Å². The average Bonchev–Trinajstić information content (AvgIpc) is 2.85. The number of fused-ring (bicyclic) bond motifs is 1. The number of rotatable bonds is 3. The number of nitrogens with one attached hydrogen (secondary N) is 1. The second-order valence-corrected chi connectivity index (χ2v) is 6.88. The number of aromatic nitrogens is 2. The average molecular weight is 348 g/mol. The Bertz CT molecular complexity index is 754. The Kier molecular flexibility index (Phi) is 3.72. The summed E-state index contributed by atoms with van der Waals surface area (Å²) in [6.07, 6.45) is 3.75. The summed E-state index contributed by atoms with van der Waals surface area (Å²) in [5, 5.41) is 5.75. The van der Waals surface area contributed by atoms with Crippen molar-refractivity contribution in [3.8, 4) is 0 Å². The third-order valence-corrected chi connectivity index (χ3v) is 4.68. The molecule has 1 N–H and O–H groups in total. The minimum atomic E-state index is 0.183. The number of halogens is 1. The number of benzene rings is 1. The normalized spacial score (nSPS) is 12.6. The van der Waals surface area contributed by atoms with Gasteiger partial charge in [0.15, 0.2) is 0 Å². The largest absolute Gasteiger partial charge is 0.375 e. The molecule has 3 nitrogen and oxygen atoms in total. The summed E-state index contributed by atoms with van der Waals surface area (Å²) in [7, 11) is 0. The van der Waals surface area contributed by atoms with Crippen molar-refractivity contribution in [2.24, 2.45) is 0 Å². The molecule has 1 atom stereocenters. The molecule has 0 aliphatic rings. The van der Waals surface area contributed by atoms with Crippen molar-refractivity contribution in [1.29, 1.82) is 0 Å². The Morgan fingerprint density at radius 3 is 2.85 bits per heavy atom. The molecule has 102 valence electrons. The van der Waals surface area contributed by atoms with Crippen molar-refractivity contribution in [1.82, 2.24) is 9.97 Å². The molecule has 3 aromatic rings. The minimum absolute atomic E-state index is 0.183. The summed E-state index contributed by atoms with van der Waals surface area (Å²) in [5.74, 6) is 0. The van der Waals surface area contributed by atoms with Crippen molar-refractivity contribution in [3.63, 3.8) is 0 Å². The highest BCUT2D eigenvalue weighted by atomic mass is 79.9. The van der Waals surface area contributed by atoms with Crippen LogP contribution < -0.4 is 5.32 Å². The van der Waals surface area contributed by atoms with Gasteiger partial charge in [0.05, 0.1) is 11.6 Å². The summed E-state index contributed by atoms with van der Waals surface area (Å²) in [6, 6.07) is 8.33. The van der Waals surface area contributed by atoms with E-state index in [0.29, 0.717) is 0 Å². The first-order valence-corrected chi connectivity index (χ1v) is 7.97. The van der Waals surface area contributed by atoms with Crippen LogP contribution in [0.15, 0.2) is 41.1 Å². The van der Waals surface area contributed by atoms with Crippen LogP contribution in [0.1, 0.15) is 22.9 Å². The fourth-order valence-electron chi connectivity index (χ4n) is 2.11. The van der Waals surface area contributed by atoms with Crippen LogP contribution in [0.4, 0.5) is 5.69 Å². The smallest absolute Gasteiger partial charge is 0.115 e. The third kappa shape index (κ3) is 2.69. The van der Waals surface area contributed by atoms with Crippen LogP contribution in [-0.2, 0) is 0 Å². The molecule has 3 rings (SSSR count). The van der Waals surface area contributed by atoms with E-state index in [1.807, 2.05) is 30.6 Å². The number of hydrogen-bond donors (Lipinski definition) is 1. The second kappa shape index (κ2) is 5.50. The highest BCUT2D eigenvalue weighted by Crippen LogP contribution is 2.28. The Morgan fingerprint density at radius 1 is 1.25 bits per heavy atom. The number of anilines is 1. The fourth-order valence-corrected chi connectivity index (χ4v) is 3.24. The van der Waals surface area contributed by atoms with Crippen molar-refractivity contribution in [3.05, 3.63) is 51.0 Å². The molecule has 2 aromatic heterocycles. The lowest BCUT2D eigenvalue weighted by molar-refractivity contribution is 0.871. The number of aryl methyl sites for hydroxylation is 1. The molecule has 0 amide bonds. The maximum atomic E-state index is 4.44. The lowest BCUT2D eigenvalue weighted by Gasteiger charge is -2.14. The third-order valence-electron chi connectivity index (χ3n) is 3.09. The molecule has 1 unspecified atom stereocenters. The van der Waals surface area contributed by atoms with E-state index in [1.165, 1.54) is 4.88 Å². The van der Waals surface area contributed by atoms with E-state index in [9.17, 15) is 0 Å². The van der Waals surface area contributed by atoms with Crippen LogP contribution in [0.25, 0.3) is 10.9 Å². The van der Waals surface area contributed by atoms with E-state index in [1.54, 1.807) is 11.3 Å². The monoisotopic (exact) mass is 347 g/mol. The van der Waals surface area contributed by atoms with Gasteiger partial charge in [0.1, 0.15) is 5.01 Å². The highest BCUT2D eigenvalue weighted by molar-refractivity contribution is 9.10. The van der Waals surface area contributed by atoms with Gasteiger partial charge in [-0.2, -0.15) is 0 Å². The summed E-state index contributed by atoms with van der Waals surface area (Å²) in [5.41, 5.74) is 2.06. The highest BCUT2D eigenvalue weighted by Gasteiger charge is 2.11. The van der Waals surface area contributed by atoms with Crippen LogP contribution in [-0.4, -0.2) is 9.97 Å². The van der Waals surface area contributed by atoms with Crippen LogP contribution in [0.3, 0.4) is 0 Å². The molecule has 0 fully saturated rings. The Hall–Kier alpha value is -1.46. The molecule has 0 saturated heterocycles. The predicted molar refractivity (Wildman–Crippen MR) is 88.3 cm³/mol. The van der Waals surface area contributed by atoms with Gasteiger partial charge in [-0.25, -0.2) is 4.98 Å². The van der Waals surface area contributed by atoms with E-state index >= 15 is 0 Å². The molecule has 0 aliphatic carbocycles. The summed E-state index contributed by atoms with van der Waals surface area (Å²) in [6.45, 7) is 4.21. The zero-order chi connectivity index (χ0) is 14.1. The summed E-state index contributed by atoms with van der Waals surface area (Å²) in [4.78, 5) is 10.1. The van der Waals surface area contributed by atoms with Gasteiger partial charge in [0.25, 0.3) is 0 Å². The van der Waals surface area contributed by atoms with Gasteiger partial charge in [0.2, 0.25) is 0 Å². The maximum Gasteiger partial charge on any atom is 0.115 e. The molecule has 5 heteroatoms. The van der Waals surface area contributed by atoms with Gasteiger partial charge < -0.3 is 5.32 Å². The van der Waals surface area contributed by atoms with Gasteiger partial charge in [-0.05, 0) is 38.1 Å². The number of pyridine rings is 1. The molecule has 0 bridgehead atoms. The van der Waals surface area contributed by atoms with Crippen molar-refractivity contribution in [2.45, 2.75) is 19.9 Å². The van der Waals surface area contributed by atoms with Gasteiger partial charge in [-0.1, -0.05) is 15.9 Å². The standard InChI is InChI=1S/C15H14BrN3S/c1-9-8-18-15(20-9)10(2)19-13-5-6-17-14-7-11(16)3-4-12(13)14/h3-8,10H,1-2H3,(H,17,19). The first-order chi connectivity index (χ1) is 9.63. The number of nitrogens with zero attached hydrogens (tertiary/aromatic N) is 2. The number of hydrogen-bond acceptors (Lipinski definition) is 4. The van der Waals surface area contributed by atoms with Crippen molar-refractivity contribution >= 4 is 43.9 Å². The quantitative estimate of drug-likeness (QED) is 0.729. The minimum Gasteiger partial charge on any atom is -0.375 e. The molecular formula is C15H14BrN3S. The van der Waals surface area contributed by atoms with Gasteiger partial charge >= 0.3 is 0 Å². The van der Waals surface area contributed by atoms with Crippen LogP contribution >= 0.6 is 27.3 Å². The predicted octanol–water partition coefficient (Wildman–Crippen LogP) is 4.94. The van der Waals surface area contributed by atoms with Gasteiger partial charge in [-0.15, -0.1) is 11.3 Å². The molecule has 0 radical (unpaired) electrons. The lowest BCUT2D eigenvalue weighted by Crippen LogP contribution is -2.06. The van der Waals surface area contributed by atoms with Gasteiger partial charge in [-0.3, -0.25) is 4.98 Å². The van der Waals surface area contributed by atoms with Crippen LogP contribution in [0.5, 0.6) is 0 Å². The lowest BCUT2D eigenvalue weighted by atomic mass is 10.2. The SMILES string of the molecule is Cc1cnc(C(C)Nc2ccnc3cc(Br)ccc23)s1. The molecule has 0 spiro atoms. The summed E-state index contributed by atoms with van der Waals surface area (Å²) >= 11 is 5.20. The number of thiazole rings is 1. The molecule has 1 aromatic carbocycles. The Morgan fingerprint density at radius 2 is 2.10 bits per heavy atom.